The quantitative estimate of drug-likeness (QED) is 0.181. The molecule has 0 fully saturated rings. The molecular formula is C46H32N2. The fourth-order valence-electron chi connectivity index (χ4n) is 7.25. The average molecular weight is 613 g/mol. The Morgan fingerprint density at radius 3 is 1.81 bits per heavy atom. The van der Waals surface area contributed by atoms with Crippen LogP contribution in [0.2, 0.25) is 0 Å². The standard InChI is InChI=1S/C46H32N2/c1-4-17-33(18-5-1)39-26-12-14-29-43(39)47(36-21-6-2-7-22-36)38-25-16-20-34(31-38)42-32-35-19-10-11-27-40(35)46-45(42)41-28-13-15-30-44(41)48(46)37-23-8-3-9-24-37/h1-32H. The molecule has 0 amide bonds. The maximum absolute atomic E-state index is 2.44. The summed E-state index contributed by atoms with van der Waals surface area (Å²) in [5.41, 5.74) is 11.7. The van der Waals surface area contributed by atoms with Crippen molar-refractivity contribution in [2.24, 2.45) is 0 Å². The minimum atomic E-state index is 1.11. The van der Waals surface area contributed by atoms with Gasteiger partial charge in [-0.1, -0.05) is 140 Å². The van der Waals surface area contributed by atoms with Gasteiger partial charge in [-0.3, -0.25) is 0 Å². The van der Waals surface area contributed by atoms with Gasteiger partial charge in [0.2, 0.25) is 0 Å². The molecule has 2 nitrogen and oxygen atoms in total. The summed E-state index contributed by atoms with van der Waals surface area (Å²) in [6, 6.07) is 69.8. The molecule has 0 atom stereocenters. The summed E-state index contributed by atoms with van der Waals surface area (Å²) < 4.78 is 2.44. The van der Waals surface area contributed by atoms with Gasteiger partial charge >= 0.3 is 0 Å². The maximum atomic E-state index is 2.44. The lowest BCUT2D eigenvalue weighted by Crippen LogP contribution is -2.11. The zero-order valence-electron chi connectivity index (χ0n) is 26.4. The molecule has 8 aromatic carbocycles. The fraction of sp³-hybridized carbons (Fsp3) is 0. The predicted molar refractivity (Wildman–Crippen MR) is 204 cm³/mol. The number of aromatic nitrogens is 1. The van der Waals surface area contributed by atoms with Crippen molar-refractivity contribution in [1.82, 2.24) is 4.57 Å². The van der Waals surface area contributed by atoms with Crippen molar-refractivity contribution < 1.29 is 0 Å². The van der Waals surface area contributed by atoms with Gasteiger partial charge in [-0.2, -0.15) is 0 Å². The molecule has 0 aliphatic rings. The normalized spacial score (nSPS) is 11.3. The van der Waals surface area contributed by atoms with E-state index >= 15 is 0 Å². The smallest absolute Gasteiger partial charge is 0.0625 e. The Labute approximate surface area is 280 Å². The summed E-state index contributed by atoms with van der Waals surface area (Å²) in [4.78, 5) is 2.39. The van der Waals surface area contributed by atoms with Crippen LogP contribution in [-0.2, 0) is 0 Å². The zero-order valence-corrected chi connectivity index (χ0v) is 26.4. The van der Waals surface area contributed by atoms with Crippen LogP contribution in [0.15, 0.2) is 194 Å². The second-order valence-corrected chi connectivity index (χ2v) is 12.2. The lowest BCUT2D eigenvalue weighted by Gasteiger charge is -2.28. The fourth-order valence-corrected chi connectivity index (χ4v) is 7.25. The van der Waals surface area contributed by atoms with E-state index in [1.165, 1.54) is 54.8 Å². The van der Waals surface area contributed by atoms with Crippen molar-refractivity contribution in [1.29, 1.82) is 0 Å². The van der Waals surface area contributed by atoms with Crippen LogP contribution in [0.4, 0.5) is 17.1 Å². The predicted octanol–water partition coefficient (Wildman–Crippen LogP) is 12.7. The van der Waals surface area contributed by atoms with E-state index in [0.717, 1.165) is 22.7 Å². The van der Waals surface area contributed by atoms with E-state index in [0.29, 0.717) is 0 Å². The van der Waals surface area contributed by atoms with E-state index in [-0.39, 0.29) is 0 Å². The second kappa shape index (κ2) is 11.8. The lowest BCUT2D eigenvalue weighted by molar-refractivity contribution is 1.19. The molecule has 48 heavy (non-hydrogen) atoms. The van der Waals surface area contributed by atoms with Gasteiger partial charge in [0.25, 0.3) is 0 Å². The van der Waals surface area contributed by atoms with Gasteiger partial charge in [-0.15, -0.1) is 0 Å². The van der Waals surface area contributed by atoms with Crippen LogP contribution in [0.3, 0.4) is 0 Å². The van der Waals surface area contributed by atoms with Gasteiger partial charge in [0.1, 0.15) is 0 Å². The van der Waals surface area contributed by atoms with Crippen LogP contribution in [0.25, 0.3) is 60.5 Å². The van der Waals surface area contributed by atoms with Crippen molar-refractivity contribution in [2.75, 3.05) is 4.90 Å². The SMILES string of the molecule is c1ccc(-c2ccccc2N(c2ccccc2)c2cccc(-c3cc4ccccc4c4c3c3ccccc3n4-c3ccccc3)c2)cc1. The highest BCUT2D eigenvalue weighted by molar-refractivity contribution is 6.24. The van der Waals surface area contributed by atoms with Crippen molar-refractivity contribution in [3.05, 3.63) is 194 Å². The van der Waals surface area contributed by atoms with Crippen LogP contribution in [0.5, 0.6) is 0 Å². The topological polar surface area (TPSA) is 8.17 Å². The van der Waals surface area contributed by atoms with Crippen LogP contribution in [-0.4, -0.2) is 4.57 Å². The molecule has 0 aliphatic carbocycles. The minimum Gasteiger partial charge on any atom is -0.310 e. The highest BCUT2D eigenvalue weighted by Gasteiger charge is 2.21. The maximum Gasteiger partial charge on any atom is 0.0625 e. The van der Waals surface area contributed by atoms with Crippen LogP contribution < -0.4 is 4.90 Å². The Morgan fingerprint density at radius 2 is 1.00 bits per heavy atom. The molecule has 0 bridgehead atoms. The summed E-state index contributed by atoms with van der Waals surface area (Å²) in [6.07, 6.45) is 0. The third kappa shape index (κ3) is 4.66. The molecule has 9 rings (SSSR count). The Morgan fingerprint density at radius 1 is 0.396 bits per heavy atom. The number of hydrogen-bond donors (Lipinski definition) is 0. The second-order valence-electron chi connectivity index (χ2n) is 12.2. The highest BCUT2D eigenvalue weighted by atomic mass is 15.1. The third-order valence-corrected chi connectivity index (χ3v) is 9.33. The van der Waals surface area contributed by atoms with Gasteiger partial charge < -0.3 is 9.47 Å². The van der Waals surface area contributed by atoms with E-state index in [9.17, 15) is 0 Å². The van der Waals surface area contributed by atoms with Gasteiger partial charge in [-0.25, -0.2) is 0 Å². The van der Waals surface area contributed by atoms with Crippen LogP contribution >= 0.6 is 0 Å². The number of para-hydroxylation sites is 4. The molecule has 2 heteroatoms. The van der Waals surface area contributed by atoms with E-state index in [4.69, 9.17) is 0 Å². The number of benzene rings is 8. The van der Waals surface area contributed by atoms with Crippen molar-refractivity contribution in [3.8, 4) is 27.9 Å². The summed E-state index contributed by atoms with van der Waals surface area (Å²) in [6.45, 7) is 0. The zero-order chi connectivity index (χ0) is 31.9. The minimum absolute atomic E-state index is 1.11. The first-order chi connectivity index (χ1) is 23.8. The van der Waals surface area contributed by atoms with E-state index < -0.39 is 0 Å². The molecule has 0 N–H and O–H groups in total. The Kier molecular flexibility index (Phi) is 6.84. The molecule has 0 aliphatic heterocycles. The Hall–Kier alpha value is -6.38. The van der Waals surface area contributed by atoms with Gasteiger partial charge in [0, 0.05) is 38.8 Å². The first-order valence-corrected chi connectivity index (χ1v) is 16.5. The van der Waals surface area contributed by atoms with E-state index in [1.807, 2.05) is 0 Å². The van der Waals surface area contributed by atoms with Gasteiger partial charge in [-0.05, 0) is 76.7 Å². The number of nitrogens with zero attached hydrogens (tertiary/aromatic N) is 2. The summed E-state index contributed by atoms with van der Waals surface area (Å²) >= 11 is 0. The average Bonchev–Trinajstić information content (AvgIpc) is 3.52. The molecule has 1 aromatic heterocycles. The number of fused-ring (bicyclic) bond motifs is 5. The largest absolute Gasteiger partial charge is 0.310 e. The van der Waals surface area contributed by atoms with Crippen molar-refractivity contribution in [3.63, 3.8) is 0 Å². The highest BCUT2D eigenvalue weighted by Crippen LogP contribution is 2.45. The summed E-state index contributed by atoms with van der Waals surface area (Å²) in [5, 5.41) is 4.98. The first kappa shape index (κ1) is 27.9. The van der Waals surface area contributed by atoms with Crippen LogP contribution in [0, 0.1) is 0 Å². The molecule has 0 saturated heterocycles. The molecular weight excluding hydrogens is 581 g/mol. The lowest BCUT2D eigenvalue weighted by atomic mass is 9.94. The molecule has 0 radical (unpaired) electrons. The van der Waals surface area contributed by atoms with Crippen molar-refractivity contribution >= 4 is 49.6 Å². The van der Waals surface area contributed by atoms with Crippen molar-refractivity contribution in [2.45, 2.75) is 0 Å². The molecule has 1 heterocycles. The molecule has 9 aromatic rings. The molecule has 0 unspecified atom stereocenters. The monoisotopic (exact) mass is 612 g/mol. The molecule has 0 spiro atoms. The number of rotatable bonds is 6. The summed E-state index contributed by atoms with van der Waals surface area (Å²) in [5.74, 6) is 0. The Bertz CT molecular complexity index is 2550. The summed E-state index contributed by atoms with van der Waals surface area (Å²) in [7, 11) is 0. The third-order valence-electron chi connectivity index (χ3n) is 9.33. The van der Waals surface area contributed by atoms with E-state index in [2.05, 4.69) is 204 Å². The number of anilines is 3. The molecule has 226 valence electrons. The number of hydrogen-bond acceptors (Lipinski definition) is 1. The van der Waals surface area contributed by atoms with Crippen LogP contribution in [0.1, 0.15) is 0 Å². The first-order valence-electron chi connectivity index (χ1n) is 16.5. The van der Waals surface area contributed by atoms with Gasteiger partial charge in [0.05, 0.1) is 16.7 Å². The van der Waals surface area contributed by atoms with Gasteiger partial charge in [0.15, 0.2) is 0 Å². The van der Waals surface area contributed by atoms with E-state index in [1.54, 1.807) is 0 Å². The molecule has 0 saturated carbocycles. The Balaban J connectivity index is 1.33.